The van der Waals surface area contributed by atoms with Crippen LogP contribution in [0.5, 0.6) is 0 Å². The summed E-state index contributed by atoms with van der Waals surface area (Å²) in [6, 6.07) is 0. The van der Waals surface area contributed by atoms with Gasteiger partial charge in [0.05, 0.1) is 5.54 Å². The van der Waals surface area contributed by atoms with Crippen LogP contribution in [0.15, 0.2) is 0 Å². The molecule has 1 rings (SSSR count). The third-order valence-corrected chi connectivity index (χ3v) is 3.84. The zero-order chi connectivity index (χ0) is 13.1. The zero-order valence-corrected chi connectivity index (χ0v) is 12.3. The molecule has 3 N–H and O–H groups in total. The molecule has 1 heterocycles. The van der Waals surface area contributed by atoms with E-state index < -0.39 is 0 Å². The molecule has 0 aliphatic carbocycles. The second-order valence-electron chi connectivity index (χ2n) is 5.49. The van der Waals surface area contributed by atoms with Crippen LogP contribution in [-0.4, -0.2) is 21.4 Å². The Labute approximate surface area is 108 Å². The normalized spacial score (nSPS) is 12.8. The highest BCUT2D eigenvalue weighted by Gasteiger charge is 2.26. The molecule has 0 fully saturated rings. The molecule has 0 unspecified atom stereocenters. The molecular weight excluding hydrogens is 232 g/mol. The molecule has 0 radical (unpaired) electrons. The van der Waals surface area contributed by atoms with Crippen molar-refractivity contribution in [3.8, 4) is 0 Å². The lowest BCUT2D eigenvalue weighted by Crippen LogP contribution is -2.44. The third kappa shape index (κ3) is 3.39. The molecule has 1 aromatic rings. The molecule has 17 heavy (non-hydrogen) atoms. The van der Waals surface area contributed by atoms with E-state index in [2.05, 4.69) is 49.3 Å². The summed E-state index contributed by atoms with van der Waals surface area (Å²) >= 11 is 1.42. The average Bonchev–Trinajstić information content (AvgIpc) is 2.74. The number of anilines is 1. The van der Waals surface area contributed by atoms with Gasteiger partial charge in [-0.2, -0.15) is 4.37 Å². The number of nitrogens with one attached hydrogen (secondary N) is 1. The van der Waals surface area contributed by atoms with Crippen molar-refractivity contribution in [1.82, 2.24) is 9.36 Å². The van der Waals surface area contributed by atoms with E-state index in [0.717, 1.165) is 23.8 Å². The highest BCUT2D eigenvalue weighted by atomic mass is 32.1. The van der Waals surface area contributed by atoms with Gasteiger partial charge in [-0.1, -0.05) is 34.6 Å². The first-order valence-electron chi connectivity index (χ1n) is 6.19. The molecule has 5 heteroatoms. The fourth-order valence-corrected chi connectivity index (χ4v) is 2.45. The summed E-state index contributed by atoms with van der Waals surface area (Å²) in [6.45, 7) is 11.3. The van der Waals surface area contributed by atoms with Crippen molar-refractivity contribution in [2.75, 3.05) is 11.9 Å². The van der Waals surface area contributed by atoms with E-state index >= 15 is 0 Å². The number of nitrogens with two attached hydrogens (primary N) is 1. The van der Waals surface area contributed by atoms with Crippen LogP contribution in [0.2, 0.25) is 0 Å². The Morgan fingerprint density at radius 1 is 1.24 bits per heavy atom. The molecule has 0 amide bonds. The van der Waals surface area contributed by atoms with Crippen LogP contribution in [0.3, 0.4) is 0 Å². The minimum Gasteiger partial charge on any atom is -0.354 e. The molecule has 0 aliphatic heterocycles. The van der Waals surface area contributed by atoms with Gasteiger partial charge in [-0.3, -0.25) is 0 Å². The van der Waals surface area contributed by atoms with E-state index in [-0.39, 0.29) is 11.0 Å². The molecule has 0 saturated carbocycles. The van der Waals surface area contributed by atoms with Crippen LogP contribution >= 0.6 is 11.5 Å². The number of nitrogens with zero attached hydrogens (tertiary/aromatic N) is 2. The Morgan fingerprint density at radius 3 is 2.18 bits per heavy atom. The van der Waals surface area contributed by atoms with Gasteiger partial charge in [0.2, 0.25) is 5.13 Å². The quantitative estimate of drug-likeness (QED) is 0.850. The van der Waals surface area contributed by atoms with Gasteiger partial charge in [0.15, 0.2) is 0 Å². The Balaban J connectivity index is 2.85. The largest absolute Gasteiger partial charge is 0.354 e. The van der Waals surface area contributed by atoms with Crippen LogP contribution in [-0.2, 0) is 5.41 Å². The smallest absolute Gasteiger partial charge is 0.203 e. The maximum atomic E-state index is 5.86. The minimum atomic E-state index is -0.0469. The van der Waals surface area contributed by atoms with E-state index in [1.54, 1.807) is 0 Å². The molecule has 0 aromatic carbocycles. The van der Waals surface area contributed by atoms with Crippen molar-refractivity contribution in [3.63, 3.8) is 0 Å². The van der Waals surface area contributed by atoms with Crippen molar-refractivity contribution < 1.29 is 0 Å². The summed E-state index contributed by atoms with van der Waals surface area (Å²) in [5, 5.41) is 4.33. The maximum absolute atomic E-state index is 5.86. The fraction of sp³-hybridized carbons (Fsp3) is 0.833. The van der Waals surface area contributed by atoms with Gasteiger partial charge in [-0.05, 0) is 12.8 Å². The predicted molar refractivity (Wildman–Crippen MR) is 74.6 cm³/mol. The van der Waals surface area contributed by atoms with Crippen LogP contribution < -0.4 is 11.1 Å². The Morgan fingerprint density at radius 2 is 1.82 bits per heavy atom. The SMILES string of the molecule is CCC(CC)(CN)Nc1nc(C(C)(C)C)ns1. The minimum absolute atomic E-state index is 0.000232. The van der Waals surface area contributed by atoms with E-state index in [9.17, 15) is 0 Å². The molecule has 4 nitrogen and oxygen atoms in total. The molecule has 0 saturated heterocycles. The van der Waals surface area contributed by atoms with Gasteiger partial charge in [-0.15, -0.1) is 0 Å². The van der Waals surface area contributed by atoms with Crippen molar-refractivity contribution in [3.05, 3.63) is 5.82 Å². The Hall–Kier alpha value is -0.680. The maximum Gasteiger partial charge on any atom is 0.203 e. The zero-order valence-electron chi connectivity index (χ0n) is 11.5. The topological polar surface area (TPSA) is 63.8 Å². The van der Waals surface area contributed by atoms with Crippen LogP contribution in [0.1, 0.15) is 53.3 Å². The highest BCUT2D eigenvalue weighted by Crippen LogP contribution is 2.26. The first-order valence-corrected chi connectivity index (χ1v) is 6.96. The summed E-state index contributed by atoms with van der Waals surface area (Å²) in [6.07, 6.45) is 1.98. The van der Waals surface area contributed by atoms with Gasteiger partial charge in [-0.25, -0.2) is 4.98 Å². The first kappa shape index (κ1) is 14.4. The monoisotopic (exact) mass is 256 g/mol. The molecule has 98 valence electrons. The summed E-state index contributed by atoms with van der Waals surface area (Å²) in [5.74, 6) is 0.892. The van der Waals surface area contributed by atoms with Crippen molar-refractivity contribution >= 4 is 16.7 Å². The molecule has 1 aromatic heterocycles. The van der Waals surface area contributed by atoms with E-state index in [1.807, 2.05) is 0 Å². The van der Waals surface area contributed by atoms with Crippen molar-refractivity contribution in [2.24, 2.45) is 5.73 Å². The number of rotatable bonds is 5. The van der Waals surface area contributed by atoms with Crippen molar-refractivity contribution in [2.45, 2.75) is 58.4 Å². The van der Waals surface area contributed by atoms with Gasteiger partial charge in [0.25, 0.3) is 0 Å². The molecule has 0 bridgehead atoms. The standard InChI is InChI=1S/C12H24N4S/c1-6-12(7-2,8-13)15-10-14-9(16-17-10)11(3,4)5/h6-8,13H2,1-5H3,(H,14,15,16). The number of hydrogen-bond acceptors (Lipinski definition) is 5. The lowest BCUT2D eigenvalue weighted by Gasteiger charge is -2.31. The van der Waals surface area contributed by atoms with Gasteiger partial charge in [0, 0.05) is 23.5 Å². The molecular formula is C12H24N4S. The van der Waals surface area contributed by atoms with E-state index in [0.29, 0.717) is 6.54 Å². The highest BCUT2D eigenvalue weighted by molar-refractivity contribution is 7.09. The number of hydrogen-bond donors (Lipinski definition) is 2. The lowest BCUT2D eigenvalue weighted by atomic mass is 9.93. The van der Waals surface area contributed by atoms with Crippen LogP contribution in [0.4, 0.5) is 5.13 Å². The van der Waals surface area contributed by atoms with Gasteiger partial charge < -0.3 is 11.1 Å². The van der Waals surface area contributed by atoms with Crippen LogP contribution in [0.25, 0.3) is 0 Å². The number of aromatic nitrogens is 2. The van der Waals surface area contributed by atoms with Gasteiger partial charge in [0.1, 0.15) is 5.82 Å². The average molecular weight is 256 g/mol. The summed E-state index contributed by atoms with van der Waals surface area (Å²) < 4.78 is 4.40. The Bertz CT molecular complexity index is 341. The third-order valence-electron chi connectivity index (χ3n) is 3.21. The summed E-state index contributed by atoms with van der Waals surface area (Å²) in [4.78, 5) is 4.55. The molecule has 0 atom stereocenters. The van der Waals surface area contributed by atoms with Crippen LogP contribution in [0, 0.1) is 0 Å². The second kappa shape index (κ2) is 5.31. The summed E-state index contributed by atoms with van der Waals surface area (Å²) in [5.41, 5.74) is 5.82. The second-order valence-corrected chi connectivity index (χ2v) is 6.24. The lowest BCUT2D eigenvalue weighted by molar-refractivity contribution is 0.444. The predicted octanol–water partition coefficient (Wildman–Crippen LogP) is 2.77. The van der Waals surface area contributed by atoms with E-state index in [4.69, 9.17) is 5.73 Å². The molecule has 0 spiro atoms. The first-order chi connectivity index (χ1) is 7.87. The fourth-order valence-electron chi connectivity index (χ4n) is 1.57. The molecule has 0 aliphatic rings. The Kier molecular flexibility index (Phi) is 4.49. The van der Waals surface area contributed by atoms with E-state index in [1.165, 1.54) is 11.5 Å². The van der Waals surface area contributed by atoms with Gasteiger partial charge >= 0.3 is 0 Å². The van der Waals surface area contributed by atoms with Crippen molar-refractivity contribution in [1.29, 1.82) is 0 Å². The summed E-state index contributed by atoms with van der Waals surface area (Å²) in [7, 11) is 0.